The molecule has 0 amide bonds. The van der Waals surface area contributed by atoms with Crippen LogP contribution in [0, 0.1) is 0 Å². The minimum Gasteiger partial charge on any atom is -0.310 e. The van der Waals surface area contributed by atoms with Crippen LogP contribution in [0.4, 0.5) is 51.2 Å². The summed E-state index contributed by atoms with van der Waals surface area (Å²) in [7, 11) is 0. The van der Waals surface area contributed by atoms with Gasteiger partial charge in [-0.1, -0.05) is 516 Å². The highest BCUT2D eigenvalue weighted by atomic mass is 15.2. The second kappa shape index (κ2) is 39.3. The van der Waals surface area contributed by atoms with E-state index in [0.717, 1.165) is 51.2 Å². The summed E-state index contributed by atoms with van der Waals surface area (Å²) in [6.45, 7) is 0. The molecule has 0 heterocycles. The standard InChI is InChI=1S/C49H33N.2C49H35N/c1-3-13-34(14-4-1)36-23-27-38(28-24-36)50(39-29-25-37(26-30-39)35-15-5-2-6-16-35)40-31-32-44-43-19-9-12-22-47(43)49(48(44)33-40)45-20-10-7-17-41(45)42-18-8-11-21-46(42)49;1-5-17-36(18-6-1)38-21-15-27-42(33-38)50(43-28-16-22-39(34-43)37-19-7-2-8-20-37)44-31-32-48-46(35-44)45-29-13-14-30-47(45)49(48,40-23-9-3-10-24-40)41-25-11-4-12-26-41;1-5-15-36(16-6-1)38-25-29-42(30-26-38)50(43-31-27-39(28-32-43)37-17-7-2-8-18-37)44-33-34-46-45-23-13-14-24-47(45)49(48(46)35-44,40-19-9-3-10-20-40)41-21-11-4-12-22-41/h1-33H;2*1-35H. The molecule has 0 atom stereocenters. The Morgan fingerprint density at radius 3 is 0.567 bits per heavy atom. The largest absolute Gasteiger partial charge is 0.310 e. The second-order valence-corrected chi connectivity index (χ2v) is 39.1. The van der Waals surface area contributed by atoms with Crippen LogP contribution in [0.25, 0.3) is 111 Å². The summed E-state index contributed by atoms with van der Waals surface area (Å²) in [6, 6.07) is 228. The van der Waals surface area contributed by atoms with E-state index in [1.165, 1.54) is 178 Å². The molecular formula is C147H103N3. The third-order valence-corrected chi connectivity index (χ3v) is 31.0. The zero-order chi connectivity index (χ0) is 99.7. The van der Waals surface area contributed by atoms with Crippen molar-refractivity contribution in [3.8, 4) is 111 Å². The highest BCUT2D eigenvalue weighted by molar-refractivity contribution is 5.99. The Bertz CT molecular complexity index is 8320. The Morgan fingerprint density at radius 1 is 0.0933 bits per heavy atom. The van der Waals surface area contributed by atoms with Gasteiger partial charge in [0.05, 0.1) is 16.2 Å². The smallest absolute Gasteiger partial charge is 0.0726 e. The van der Waals surface area contributed by atoms with Crippen molar-refractivity contribution in [1.29, 1.82) is 0 Å². The molecule has 150 heavy (non-hydrogen) atoms. The van der Waals surface area contributed by atoms with Crippen molar-refractivity contribution in [2.24, 2.45) is 0 Å². The zero-order valence-corrected chi connectivity index (χ0v) is 82.8. The fourth-order valence-electron chi connectivity index (χ4n) is 24.4. The van der Waals surface area contributed by atoms with E-state index in [4.69, 9.17) is 0 Å². The van der Waals surface area contributed by atoms with Crippen molar-refractivity contribution in [3.05, 3.63) is 692 Å². The predicted octanol–water partition coefficient (Wildman–Crippen LogP) is 38.5. The molecular weight excluding hydrogens is 1810 g/mol. The van der Waals surface area contributed by atoms with Crippen LogP contribution in [0.5, 0.6) is 0 Å². The van der Waals surface area contributed by atoms with Gasteiger partial charge in [0.15, 0.2) is 0 Å². The summed E-state index contributed by atoms with van der Waals surface area (Å²) in [5, 5.41) is 0. The van der Waals surface area contributed by atoms with Crippen LogP contribution < -0.4 is 14.7 Å². The average molecular weight is 1910 g/mol. The third-order valence-electron chi connectivity index (χ3n) is 31.0. The summed E-state index contributed by atoms with van der Waals surface area (Å²) in [6.07, 6.45) is 0. The lowest BCUT2D eigenvalue weighted by atomic mass is 9.67. The summed E-state index contributed by atoms with van der Waals surface area (Å²) < 4.78 is 0. The van der Waals surface area contributed by atoms with Gasteiger partial charge in [0, 0.05) is 51.2 Å². The van der Waals surface area contributed by atoms with Crippen molar-refractivity contribution in [2.75, 3.05) is 14.7 Å². The molecule has 0 saturated heterocycles. The highest BCUT2D eigenvalue weighted by Gasteiger charge is 2.53. The van der Waals surface area contributed by atoms with Crippen LogP contribution >= 0.6 is 0 Å². The molecule has 4 aliphatic rings. The molecule has 0 radical (unpaired) electrons. The Hall–Kier alpha value is -19.3. The lowest BCUT2D eigenvalue weighted by Crippen LogP contribution is -2.28. The summed E-state index contributed by atoms with van der Waals surface area (Å²) >= 11 is 0. The fourth-order valence-corrected chi connectivity index (χ4v) is 24.4. The molecule has 0 fully saturated rings. The van der Waals surface area contributed by atoms with Crippen LogP contribution in [0.15, 0.2) is 625 Å². The minimum absolute atomic E-state index is 0.394. The van der Waals surface area contributed by atoms with Crippen molar-refractivity contribution >= 4 is 51.2 Å². The van der Waals surface area contributed by atoms with E-state index in [1.54, 1.807) is 0 Å². The molecule has 706 valence electrons. The lowest BCUT2D eigenvalue weighted by molar-refractivity contribution is 0.768. The van der Waals surface area contributed by atoms with Crippen LogP contribution in [0.1, 0.15) is 66.8 Å². The van der Waals surface area contributed by atoms with Crippen molar-refractivity contribution in [3.63, 3.8) is 0 Å². The summed E-state index contributed by atoms with van der Waals surface area (Å²) in [4.78, 5) is 7.22. The first-order valence-corrected chi connectivity index (χ1v) is 51.9. The van der Waals surface area contributed by atoms with Gasteiger partial charge in [-0.15, -0.1) is 0 Å². The molecule has 0 aromatic heterocycles. The SMILES string of the molecule is c1ccc(-c2ccc(N(c3ccc(-c4ccccc4)cc3)c3ccc4c(c3)C(c3ccccc3)(c3ccccc3)c3ccccc3-4)cc2)cc1.c1ccc(-c2ccc(N(c3ccc(-c4ccccc4)cc3)c3ccc4c(c3)C3(c5ccccc5-c5ccccc53)c3ccccc3-4)cc2)cc1.c1ccc(-c2cccc(N(c3cccc(-c4ccccc4)c3)c3ccc4c(c3)-c3ccccc3C4(c3ccccc3)c3ccccc3)c2)cc1. The summed E-state index contributed by atoms with van der Waals surface area (Å²) in [5.41, 5.74) is 49.2. The molecule has 4 aliphatic carbocycles. The number of fused-ring (bicyclic) bond motifs is 16. The van der Waals surface area contributed by atoms with E-state index < -0.39 is 16.2 Å². The molecule has 3 nitrogen and oxygen atoms in total. The Labute approximate surface area is 878 Å². The topological polar surface area (TPSA) is 9.72 Å². The van der Waals surface area contributed by atoms with Gasteiger partial charge in [-0.2, -0.15) is 0 Å². The molecule has 3 heteroatoms. The van der Waals surface area contributed by atoms with Gasteiger partial charge in [-0.3, -0.25) is 0 Å². The number of hydrogen-bond acceptors (Lipinski definition) is 3. The Kier molecular flexibility index (Phi) is 23.8. The van der Waals surface area contributed by atoms with Crippen LogP contribution in [0.2, 0.25) is 0 Å². The Balaban J connectivity index is 0.000000113. The zero-order valence-electron chi connectivity index (χ0n) is 82.8. The van der Waals surface area contributed by atoms with Crippen molar-refractivity contribution in [2.45, 2.75) is 16.2 Å². The van der Waals surface area contributed by atoms with E-state index in [2.05, 4.69) is 640 Å². The van der Waals surface area contributed by atoms with E-state index in [-0.39, 0.29) is 0 Å². The second-order valence-electron chi connectivity index (χ2n) is 39.1. The molecule has 24 aromatic rings. The van der Waals surface area contributed by atoms with Crippen LogP contribution in [-0.4, -0.2) is 0 Å². The molecule has 1 spiro atoms. The number of anilines is 9. The van der Waals surface area contributed by atoms with Gasteiger partial charge in [0.2, 0.25) is 0 Å². The molecule has 0 saturated carbocycles. The quantitative estimate of drug-likeness (QED) is 0.0799. The van der Waals surface area contributed by atoms with E-state index in [1.807, 2.05) is 0 Å². The van der Waals surface area contributed by atoms with Crippen LogP contribution in [0.3, 0.4) is 0 Å². The normalized spacial score (nSPS) is 12.7. The van der Waals surface area contributed by atoms with E-state index in [0.29, 0.717) is 0 Å². The van der Waals surface area contributed by atoms with E-state index in [9.17, 15) is 0 Å². The van der Waals surface area contributed by atoms with Crippen molar-refractivity contribution in [1.82, 2.24) is 0 Å². The molecule has 0 bridgehead atoms. The van der Waals surface area contributed by atoms with Gasteiger partial charge in [-0.25, -0.2) is 0 Å². The molecule has 0 aliphatic heterocycles. The number of hydrogen-bond donors (Lipinski definition) is 0. The number of rotatable bonds is 19. The maximum absolute atomic E-state index is 2.46. The maximum atomic E-state index is 2.46. The molecule has 0 unspecified atom stereocenters. The van der Waals surface area contributed by atoms with Gasteiger partial charge in [0.25, 0.3) is 0 Å². The van der Waals surface area contributed by atoms with Gasteiger partial charge < -0.3 is 14.7 Å². The monoisotopic (exact) mass is 1910 g/mol. The molecule has 28 rings (SSSR count). The van der Waals surface area contributed by atoms with Gasteiger partial charge >= 0.3 is 0 Å². The van der Waals surface area contributed by atoms with Crippen molar-refractivity contribution < 1.29 is 0 Å². The third kappa shape index (κ3) is 15.9. The summed E-state index contributed by atoms with van der Waals surface area (Å²) in [5.74, 6) is 0. The Morgan fingerprint density at radius 2 is 0.273 bits per heavy atom. The van der Waals surface area contributed by atoms with E-state index >= 15 is 0 Å². The molecule has 0 N–H and O–H groups in total. The first-order valence-electron chi connectivity index (χ1n) is 51.9. The maximum Gasteiger partial charge on any atom is 0.0726 e. The first-order chi connectivity index (χ1) is 74.4. The van der Waals surface area contributed by atoms with Gasteiger partial charge in [0.1, 0.15) is 0 Å². The number of benzene rings is 24. The van der Waals surface area contributed by atoms with Crippen LogP contribution in [-0.2, 0) is 16.2 Å². The highest BCUT2D eigenvalue weighted by Crippen LogP contribution is 2.65. The fraction of sp³-hybridized carbons (Fsp3) is 0.0204. The number of nitrogens with zero attached hydrogens (tertiary/aromatic N) is 3. The minimum atomic E-state index is -0.468. The average Bonchev–Trinajstić information content (AvgIpc) is 1.50. The first kappa shape index (κ1) is 90.7. The molecule has 24 aromatic carbocycles. The lowest BCUT2D eigenvalue weighted by Gasteiger charge is -2.35. The predicted molar refractivity (Wildman–Crippen MR) is 627 cm³/mol. The van der Waals surface area contributed by atoms with Gasteiger partial charge in [-0.05, 0) is 287 Å².